The van der Waals surface area contributed by atoms with Crippen LogP contribution in [0.1, 0.15) is 22.0 Å². The summed E-state index contributed by atoms with van der Waals surface area (Å²) in [6, 6.07) is 12.2. The van der Waals surface area contributed by atoms with Crippen LogP contribution in [0.4, 0.5) is 5.69 Å². The number of ether oxygens (including phenoxy) is 2. The van der Waals surface area contributed by atoms with E-state index < -0.39 is 18.5 Å². The van der Waals surface area contributed by atoms with Crippen molar-refractivity contribution in [1.29, 1.82) is 0 Å². The fourth-order valence-corrected chi connectivity index (χ4v) is 4.17. The minimum Gasteiger partial charge on any atom is -0.485 e. The van der Waals surface area contributed by atoms with Crippen LogP contribution >= 0.6 is 23.2 Å². The maximum atomic E-state index is 13.4. The second-order valence-corrected chi connectivity index (χ2v) is 8.84. The first kappa shape index (κ1) is 26.7. The van der Waals surface area contributed by atoms with Crippen molar-refractivity contribution >= 4 is 51.5 Å². The SMILES string of the molecule is O=C(O)c1cc(OCC(=O)N(OCc2nnn[nH]2)c2cccc(OCc3nnn[nH]3)c2)c2c(Cl)cc(Cl)cc2c1. The number of nitrogens with zero attached hydrogens (tertiary/aromatic N) is 7. The fourth-order valence-electron chi connectivity index (χ4n) is 3.57. The highest BCUT2D eigenvalue weighted by molar-refractivity contribution is 6.39. The molecule has 0 spiro atoms. The van der Waals surface area contributed by atoms with Crippen molar-refractivity contribution < 1.29 is 29.0 Å². The van der Waals surface area contributed by atoms with Gasteiger partial charge >= 0.3 is 5.97 Å². The van der Waals surface area contributed by atoms with Gasteiger partial charge in [0.2, 0.25) is 0 Å². The molecule has 5 rings (SSSR count). The van der Waals surface area contributed by atoms with Gasteiger partial charge in [-0.3, -0.25) is 9.63 Å². The van der Waals surface area contributed by atoms with E-state index in [4.69, 9.17) is 37.5 Å². The Morgan fingerprint density at radius 1 is 0.925 bits per heavy atom. The highest BCUT2D eigenvalue weighted by Crippen LogP contribution is 2.36. The van der Waals surface area contributed by atoms with Crippen molar-refractivity contribution in [2.75, 3.05) is 11.7 Å². The zero-order valence-electron chi connectivity index (χ0n) is 20.1. The molecule has 0 unspecified atom stereocenters. The average Bonchev–Trinajstić information content (AvgIpc) is 3.65. The van der Waals surface area contributed by atoms with Crippen molar-refractivity contribution in [3.05, 3.63) is 75.8 Å². The molecule has 0 atom stereocenters. The molecule has 0 fully saturated rings. The summed E-state index contributed by atoms with van der Waals surface area (Å²) in [5.74, 6) is -0.728. The predicted molar refractivity (Wildman–Crippen MR) is 138 cm³/mol. The van der Waals surface area contributed by atoms with Crippen LogP contribution in [0, 0.1) is 0 Å². The summed E-state index contributed by atoms with van der Waals surface area (Å²) in [6.45, 7) is -0.689. The lowest BCUT2D eigenvalue weighted by molar-refractivity contribution is -0.128. The molecule has 204 valence electrons. The Kier molecular flexibility index (Phi) is 7.95. The Labute approximate surface area is 233 Å². The van der Waals surface area contributed by atoms with Crippen LogP contribution in [0.25, 0.3) is 10.8 Å². The molecule has 0 saturated carbocycles. The topological polar surface area (TPSA) is 194 Å². The second kappa shape index (κ2) is 11.9. The first-order chi connectivity index (χ1) is 19.4. The number of fused-ring (bicyclic) bond motifs is 1. The molecule has 0 aliphatic heterocycles. The minimum absolute atomic E-state index is 0.0515. The third kappa shape index (κ3) is 6.23. The lowest BCUT2D eigenvalue weighted by Gasteiger charge is -2.22. The largest absolute Gasteiger partial charge is 0.485 e. The molecule has 0 bridgehead atoms. The Bertz CT molecular complexity index is 1650. The first-order valence-corrected chi connectivity index (χ1v) is 12.1. The number of benzene rings is 3. The van der Waals surface area contributed by atoms with Gasteiger partial charge in [-0.2, -0.15) is 5.06 Å². The van der Waals surface area contributed by atoms with Gasteiger partial charge < -0.3 is 14.6 Å². The smallest absolute Gasteiger partial charge is 0.335 e. The van der Waals surface area contributed by atoms with Crippen LogP contribution in [0.2, 0.25) is 10.0 Å². The van der Waals surface area contributed by atoms with Gasteiger partial charge in [-0.05, 0) is 62.6 Å². The van der Waals surface area contributed by atoms with Gasteiger partial charge in [0.25, 0.3) is 5.91 Å². The number of anilines is 1. The number of carbonyl (C=O) groups excluding carboxylic acids is 1. The van der Waals surface area contributed by atoms with Gasteiger partial charge in [-0.1, -0.05) is 29.3 Å². The molecule has 15 nitrogen and oxygen atoms in total. The summed E-state index contributed by atoms with van der Waals surface area (Å²) in [5, 5.41) is 38.5. The monoisotopic (exact) mass is 585 g/mol. The maximum Gasteiger partial charge on any atom is 0.335 e. The normalized spacial score (nSPS) is 10.9. The summed E-state index contributed by atoms with van der Waals surface area (Å²) in [4.78, 5) is 30.8. The Morgan fingerprint density at radius 2 is 1.68 bits per heavy atom. The number of H-pyrrole nitrogens is 2. The average molecular weight is 586 g/mol. The predicted octanol–water partition coefficient (Wildman–Crippen LogP) is 2.99. The number of halogens is 2. The van der Waals surface area contributed by atoms with E-state index in [9.17, 15) is 14.7 Å². The van der Waals surface area contributed by atoms with Crippen molar-refractivity contribution in [2.45, 2.75) is 13.2 Å². The molecule has 3 aromatic carbocycles. The highest BCUT2D eigenvalue weighted by atomic mass is 35.5. The van der Waals surface area contributed by atoms with Crippen molar-refractivity contribution in [3.8, 4) is 11.5 Å². The van der Waals surface area contributed by atoms with Gasteiger partial charge in [0, 0.05) is 16.5 Å². The highest BCUT2D eigenvalue weighted by Gasteiger charge is 2.21. The zero-order valence-corrected chi connectivity index (χ0v) is 21.6. The molecule has 0 radical (unpaired) electrons. The number of amides is 1. The quantitative estimate of drug-likeness (QED) is 0.192. The molecule has 1 amide bonds. The molecular weight excluding hydrogens is 569 g/mol. The van der Waals surface area contributed by atoms with Gasteiger partial charge in [0.05, 0.1) is 16.3 Å². The Balaban J connectivity index is 1.40. The number of carboxylic acids is 1. The number of tetrazole rings is 2. The number of carbonyl (C=O) groups is 2. The van der Waals surface area contributed by atoms with E-state index in [-0.39, 0.29) is 35.4 Å². The number of hydroxylamine groups is 1. The third-order valence-corrected chi connectivity index (χ3v) is 5.81. The summed E-state index contributed by atoms with van der Waals surface area (Å²) in [6.07, 6.45) is 0. The first-order valence-electron chi connectivity index (χ1n) is 11.3. The molecule has 0 aliphatic carbocycles. The molecule has 3 N–H and O–H groups in total. The zero-order chi connectivity index (χ0) is 28.1. The lowest BCUT2D eigenvalue weighted by atomic mass is 10.1. The van der Waals surface area contributed by atoms with Crippen LogP contribution in [0.5, 0.6) is 11.5 Å². The summed E-state index contributed by atoms with van der Waals surface area (Å²) in [7, 11) is 0. The minimum atomic E-state index is -1.20. The van der Waals surface area contributed by atoms with Crippen molar-refractivity contribution in [2.24, 2.45) is 0 Å². The lowest BCUT2D eigenvalue weighted by Crippen LogP contribution is -2.35. The van der Waals surface area contributed by atoms with Crippen molar-refractivity contribution in [1.82, 2.24) is 41.2 Å². The van der Waals surface area contributed by atoms with Crippen LogP contribution in [0.3, 0.4) is 0 Å². The number of hydrogen-bond acceptors (Lipinski definition) is 11. The van der Waals surface area contributed by atoms with E-state index in [0.717, 1.165) is 5.06 Å². The number of carboxylic acid groups (broad SMARTS) is 1. The van der Waals surface area contributed by atoms with E-state index in [1.165, 1.54) is 18.2 Å². The van der Waals surface area contributed by atoms with E-state index in [1.54, 1.807) is 30.3 Å². The Hall–Kier alpha value is -4.86. The van der Waals surface area contributed by atoms with E-state index in [2.05, 4.69) is 41.2 Å². The molecule has 5 aromatic rings. The van der Waals surface area contributed by atoms with Crippen LogP contribution in [-0.4, -0.2) is 64.8 Å². The third-order valence-electron chi connectivity index (χ3n) is 5.29. The van der Waals surface area contributed by atoms with Gasteiger partial charge in [0.15, 0.2) is 18.3 Å². The molecule has 17 heteroatoms. The Morgan fingerprint density at radius 3 is 2.38 bits per heavy atom. The van der Waals surface area contributed by atoms with Gasteiger partial charge in [-0.15, -0.1) is 10.2 Å². The van der Waals surface area contributed by atoms with Gasteiger partial charge in [0.1, 0.15) is 24.7 Å². The standard InChI is InChI=1S/C23H17Cl2N9O6/c24-14-5-12-4-13(23(36)37)6-18(22(12)17(25)7-14)39-11-21(35)34(40-10-20-28-32-33-29-20)15-2-1-3-16(8-15)38-9-19-26-30-31-27-19/h1-8H,9-11H2,(H,36,37)(H,26,27,30,31)(H,28,29,32,33). The number of nitrogens with one attached hydrogen (secondary N) is 2. The van der Waals surface area contributed by atoms with E-state index in [0.29, 0.717) is 33.1 Å². The fraction of sp³-hybridized carbons (Fsp3) is 0.130. The van der Waals surface area contributed by atoms with Gasteiger partial charge in [-0.25, -0.2) is 15.0 Å². The molecule has 2 aromatic heterocycles. The number of aromatic carboxylic acids is 1. The molecular formula is C23H17Cl2N9O6. The van der Waals surface area contributed by atoms with Crippen molar-refractivity contribution in [3.63, 3.8) is 0 Å². The summed E-state index contributed by atoms with van der Waals surface area (Å²) < 4.78 is 11.5. The van der Waals surface area contributed by atoms with Crippen LogP contribution < -0.4 is 14.5 Å². The van der Waals surface area contributed by atoms with Crippen LogP contribution in [-0.2, 0) is 22.8 Å². The second-order valence-electron chi connectivity index (χ2n) is 8.00. The maximum absolute atomic E-state index is 13.4. The molecule has 40 heavy (non-hydrogen) atoms. The summed E-state index contributed by atoms with van der Waals surface area (Å²) >= 11 is 12.5. The molecule has 0 aliphatic rings. The summed E-state index contributed by atoms with van der Waals surface area (Å²) in [5.41, 5.74) is 0.217. The molecule has 0 saturated heterocycles. The number of hydrogen-bond donors (Lipinski definition) is 3. The van der Waals surface area contributed by atoms with Crippen LogP contribution in [0.15, 0.2) is 48.5 Å². The number of rotatable bonds is 11. The number of aromatic amines is 2. The number of aromatic nitrogens is 8. The van der Waals surface area contributed by atoms with E-state index in [1.807, 2.05) is 0 Å². The molecule has 2 heterocycles. The van der Waals surface area contributed by atoms with E-state index >= 15 is 0 Å².